The van der Waals surface area contributed by atoms with Crippen LogP contribution in [-0.2, 0) is 14.3 Å². The van der Waals surface area contributed by atoms with E-state index < -0.39 is 29.5 Å². The van der Waals surface area contributed by atoms with Crippen LogP contribution in [0.25, 0.3) is 0 Å². The number of amides is 1. The molecular weight excluding hydrogens is 404 g/mol. The van der Waals surface area contributed by atoms with E-state index in [1.165, 1.54) is 38.3 Å². The number of aryl methyl sites for hydroxylation is 1. The van der Waals surface area contributed by atoms with Gasteiger partial charge in [-0.1, -0.05) is 23.7 Å². The summed E-state index contributed by atoms with van der Waals surface area (Å²) in [7, 11) is 1.43. The molecule has 2 rings (SSSR count). The van der Waals surface area contributed by atoms with Gasteiger partial charge in [-0.25, -0.2) is 4.79 Å². The van der Waals surface area contributed by atoms with Crippen molar-refractivity contribution in [1.29, 1.82) is 0 Å². The molecule has 9 nitrogen and oxygen atoms in total. The lowest BCUT2D eigenvalue weighted by Gasteiger charge is -2.16. The normalized spacial score (nSPS) is 11.3. The highest BCUT2D eigenvalue weighted by Gasteiger charge is 2.21. The van der Waals surface area contributed by atoms with Crippen molar-refractivity contribution in [3.8, 4) is 11.5 Å². The van der Waals surface area contributed by atoms with Gasteiger partial charge in [-0.05, 0) is 31.5 Å². The van der Waals surface area contributed by atoms with Gasteiger partial charge in [0.2, 0.25) is 0 Å². The second-order valence-corrected chi connectivity index (χ2v) is 6.34. The first-order valence-electron chi connectivity index (χ1n) is 8.43. The van der Waals surface area contributed by atoms with Crippen LogP contribution in [0.5, 0.6) is 11.5 Å². The predicted molar refractivity (Wildman–Crippen MR) is 106 cm³/mol. The standard InChI is InChI=1S/C19H19ClN2O7/c1-11-8-14(17(27-3)9-13(11)20)21-19(24)12(2)29-18(23)10-28-16-7-5-4-6-15(16)22(25)26/h4-9,12H,10H2,1-3H3,(H,21,24). The Balaban J connectivity index is 1.95. The number of nitrogens with one attached hydrogen (secondary N) is 1. The number of hydrogen-bond donors (Lipinski definition) is 1. The lowest BCUT2D eigenvalue weighted by molar-refractivity contribution is -0.385. The van der Waals surface area contributed by atoms with Crippen molar-refractivity contribution in [3.63, 3.8) is 0 Å². The number of halogens is 1. The van der Waals surface area contributed by atoms with E-state index in [9.17, 15) is 19.7 Å². The Hall–Kier alpha value is -3.33. The van der Waals surface area contributed by atoms with Crippen LogP contribution in [0.1, 0.15) is 12.5 Å². The minimum atomic E-state index is -1.14. The number of benzene rings is 2. The van der Waals surface area contributed by atoms with E-state index in [4.69, 9.17) is 25.8 Å². The molecule has 0 saturated heterocycles. The number of esters is 1. The molecule has 1 atom stereocenters. The molecule has 0 spiro atoms. The molecule has 0 bridgehead atoms. The first-order chi connectivity index (χ1) is 13.7. The minimum Gasteiger partial charge on any atom is -0.495 e. The summed E-state index contributed by atoms with van der Waals surface area (Å²) in [5.74, 6) is -1.17. The van der Waals surface area contributed by atoms with Gasteiger partial charge in [0.1, 0.15) is 5.75 Å². The first-order valence-corrected chi connectivity index (χ1v) is 8.81. The summed E-state index contributed by atoms with van der Waals surface area (Å²) in [5.41, 5.74) is 0.819. The third kappa shape index (κ3) is 5.82. The van der Waals surface area contributed by atoms with Gasteiger partial charge in [-0.15, -0.1) is 0 Å². The van der Waals surface area contributed by atoms with Crippen LogP contribution in [0.3, 0.4) is 0 Å². The Morgan fingerprint density at radius 2 is 1.93 bits per heavy atom. The van der Waals surface area contributed by atoms with Crippen molar-refractivity contribution in [3.05, 3.63) is 57.1 Å². The number of ether oxygens (including phenoxy) is 3. The Morgan fingerprint density at radius 1 is 1.24 bits per heavy atom. The highest BCUT2D eigenvalue weighted by Crippen LogP contribution is 2.31. The first kappa shape index (κ1) is 22.0. The van der Waals surface area contributed by atoms with Crippen LogP contribution in [0.4, 0.5) is 11.4 Å². The van der Waals surface area contributed by atoms with Gasteiger partial charge in [0, 0.05) is 17.2 Å². The summed E-state index contributed by atoms with van der Waals surface area (Å²) in [6, 6.07) is 8.80. The lowest BCUT2D eigenvalue weighted by Crippen LogP contribution is -2.31. The van der Waals surface area contributed by atoms with E-state index in [2.05, 4.69) is 5.32 Å². The molecular formula is C19H19ClN2O7. The number of nitro groups is 1. The summed E-state index contributed by atoms with van der Waals surface area (Å²) < 4.78 is 15.3. The molecule has 29 heavy (non-hydrogen) atoms. The van der Waals surface area contributed by atoms with E-state index in [-0.39, 0.29) is 11.4 Å². The van der Waals surface area contributed by atoms with Crippen molar-refractivity contribution in [2.45, 2.75) is 20.0 Å². The monoisotopic (exact) mass is 422 g/mol. The van der Waals surface area contributed by atoms with E-state index >= 15 is 0 Å². The average molecular weight is 423 g/mol. The number of carbonyl (C=O) groups is 2. The fourth-order valence-corrected chi connectivity index (χ4v) is 2.47. The molecule has 154 valence electrons. The second kappa shape index (κ2) is 9.74. The molecule has 2 aromatic carbocycles. The Labute approximate surface area is 171 Å². The lowest BCUT2D eigenvalue weighted by atomic mass is 10.2. The van der Waals surface area contributed by atoms with Crippen LogP contribution in [0.2, 0.25) is 5.02 Å². The Morgan fingerprint density at radius 3 is 2.59 bits per heavy atom. The van der Waals surface area contributed by atoms with E-state index in [0.29, 0.717) is 16.5 Å². The van der Waals surface area contributed by atoms with Gasteiger partial charge in [-0.3, -0.25) is 14.9 Å². The summed E-state index contributed by atoms with van der Waals surface area (Å²) in [4.78, 5) is 34.6. The molecule has 0 aromatic heterocycles. The van der Waals surface area contributed by atoms with E-state index in [1.807, 2.05) is 0 Å². The zero-order valence-electron chi connectivity index (χ0n) is 15.9. The molecule has 0 aliphatic carbocycles. The SMILES string of the molecule is COc1cc(Cl)c(C)cc1NC(=O)C(C)OC(=O)COc1ccccc1[N+](=O)[O-]. The molecule has 10 heteroatoms. The number of nitrogens with zero attached hydrogens (tertiary/aromatic N) is 1. The van der Waals surface area contributed by atoms with Crippen molar-refractivity contribution in [1.82, 2.24) is 0 Å². The van der Waals surface area contributed by atoms with Crippen LogP contribution in [0, 0.1) is 17.0 Å². The van der Waals surface area contributed by atoms with Gasteiger partial charge < -0.3 is 19.5 Å². The number of para-hydroxylation sites is 2. The Kier molecular flexibility index (Phi) is 7.38. The summed E-state index contributed by atoms with van der Waals surface area (Å²) in [5, 5.41) is 14.0. The van der Waals surface area contributed by atoms with Crippen LogP contribution in [-0.4, -0.2) is 36.6 Å². The maximum absolute atomic E-state index is 12.3. The summed E-state index contributed by atoms with van der Waals surface area (Å²) >= 11 is 6.03. The third-order valence-corrected chi connectivity index (χ3v) is 4.23. The molecule has 0 saturated carbocycles. The molecule has 1 N–H and O–H groups in total. The third-order valence-electron chi connectivity index (χ3n) is 3.82. The highest BCUT2D eigenvalue weighted by molar-refractivity contribution is 6.31. The smallest absolute Gasteiger partial charge is 0.344 e. The average Bonchev–Trinajstić information content (AvgIpc) is 2.68. The number of carbonyl (C=O) groups excluding carboxylic acids is 2. The topological polar surface area (TPSA) is 117 Å². The van der Waals surface area contributed by atoms with E-state index in [1.54, 1.807) is 19.1 Å². The Bertz CT molecular complexity index is 933. The summed E-state index contributed by atoms with van der Waals surface area (Å²) in [6.07, 6.45) is -1.14. The van der Waals surface area contributed by atoms with E-state index in [0.717, 1.165) is 5.56 Å². The number of methoxy groups -OCH3 is 1. The zero-order chi connectivity index (χ0) is 21.6. The van der Waals surface area contributed by atoms with Crippen LogP contribution >= 0.6 is 11.6 Å². The van der Waals surface area contributed by atoms with Gasteiger partial charge in [0.05, 0.1) is 17.7 Å². The number of hydrogen-bond acceptors (Lipinski definition) is 7. The van der Waals surface area contributed by atoms with Gasteiger partial charge in [-0.2, -0.15) is 0 Å². The fraction of sp³-hybridized carbons (Fsp3) is 0.263. The molecule has 0 aliphatic rings. The molecule has 1 amide bonds. The maximum Gasteiger partial charge on any atom is 0.344 e. The molecule has 2 aromatic rings. The number of nitro benzene ring substituents is 1. The number of anilines is 1. The highest BCUT2D eigenvalue weighted by atomic mass is 35.5. The predicted octanol–water partition coefficient (Wildman–Crippen LogP) is 3.51. The van der Waals surface area contributed by atoms with Crippen molar-refractivity contribution in [2.24, 2.45) is 0 Å². The second-order valence-electron chi connectivity index (χ2n) is 5.94. The van der Waals surface area contributed by atoms with Gasteiger partial charge in [0.25, 0.3) is 5.91 Å². The molecule has 0 heterocycles. The van der Waals surface area contributed by atoms with Crippen LogP contribution in [0.15, 0.2) is 36.4 Å². The largest absolute Gasteiger partial charge is 0.495 e. The number of rotatable bonds is 8. The molecule has 0 fully saturated rings. The summed E-state index contributed by atoms with van der Waals surface area (Å²) in [6.45, 7) is 2.56. The molecule has 0 radical (unpaired) electrons. The van der Waals surface area contributed by atoms with Crippen LogP contribution < -0.4 is 14.8 Å². The van der Waals surface area contributed by atoms with Crippen molar-refractivity contribution >= 4 is 34.9 Å². The van der Waals surface area contributed by atoms with Crippen molar-refractivity contribution in [2.75, 3.05) is 19.0 Å². The molecule has 0 aliphatic heterocycles. The van der Waals surface area contributed by atoms with Gasteiger partial charge >= 0.3 is 11.7 Å². The minimum absolute atomic E-state index is 0.0760. The maximum atomic E-state index is 12.3. The van der Waals surface area contributed by atoms with Gasteiger partial charge in [0.15, 0.2) is 18.5 Å². The fourth-order valence-electron chi connectivity index (χ4n) is 2.32. The zero-order valence-corrected chi connectivity index (χ0v) is 16.7. The molecule has 1 unspecified atom stereocenters. The van der Waals surface area contributed by atoms with Crippen molar-refractivity contribution < 1.29 is 28.7 Å². The quantitative estimate of drug-likeness (QED) is 0.393.